The van der Waals surface area contributed by atoms with E-state index < -0.39 is 0 Å². The van der Waals surface area contributed by atoms with Crippen LogP contribution in [-0.4, -0.2) is 64.4 Å². The lowest BCUT2D eigenvalue weighted by Gasteiger charge is -2.25. The van der Waals surface area contributed by atoms with E-state index in [2.05, 4.69) is 34.6 Å². The van der Waals surface area contributed by atoms with E-state index in [-0.39, 0.29) is 29.9 Å². The molecule has 7 nitrogen and oxygen atoms in total. The van der Waals surface area contributed by atoms with E-state index in [1.54, 1.807) is 6.20 Å². The molecule has 0 bridgehead atoms. The number of rotatable bonds is 9. The Hall–Kier alpha value is -2.10. The maximum atomic E-state index is 12.4. The third-order valence-electron chi connectivity index (χ3n) is 4.54. The lowest BCUT2D eigenvalue weighted by atomic mass is 10.1. The molecule has 2 aromatic rings. The number of aromatic nitrogens is 2. The van der Waals surface area contributed by atoms with Crippen molar-refractivity contribution in [2.45, 2.75) is 33.9 Å². The van der Waals surface area contributed by atoms with Crippen molar-refractivity contribution in [1.82, 2.24) is 24.7 Å². The van der Waals surface area contributed by atoms with Gasteiger partial charge in [0.15, 0.2) is 5.96 Å². The highest BCUT2D eigenvalue weighted by Gasteiger charge is 2.14. The van der Waals surface area contributed by atoms with E-state index in [4.69, 9.17) is 4.99 Å². The number of nitrogens with zero attached hydrogens (tertiary/aromatic N) is 5. The Labute approximate surface area is 191 Å². The molecule has 0 aliphatic rings. The summed E-state index contributed by atoms with van der Waals surface area (Å²) in [5.41, 5.74) is 2.35. The lowest BCUT2D eigenvalue weighted by molar-refractivity contribution is -0.131. The molecule has 160 valence electrons. The zero-order valence-corrected chi connectivity index (χ0v) is 20.2. The minimum Gasteiger partial charge on any atom is -0.357 e. The monoisotopic (exact) mass is 512 g/mol. The van der Waals surface area contributed by atoms with E-state index in [1.807, 2.05) is 54.7 Å². The number of nitrogens with one attached hydrogen (secondary N) is 1. The minimum absolute atomic E-state index is 0. The molecule has 1 aromatic heterocycles. The molecular weight excluding hydrogens is 479 g/mol. The smallest absolute Gasteiger partial charge is 0.242 e. The van der Waals surface area contributed by atoms with Gasteiger partial charge in [-0.1, -0.05) is 24.3 Å². The lowest BCUT2D eigenvalue weighted by Crippen LogP contribution is -2.45. The Morgan fingerprint density at radius 2 is 1.79 bits per heavy atom. The molecule has 0 spiro atoms. The minimum atomic E-state index is 0. The number of carbonyl (C=O) groups excluding carboxylic acids is 1. The van der Waals surface area contributed by atoms with Gasteiger partial charge in [-0.25, -0.2) is 9.98 Å². The summed E-state index contributed by atoms with van der Waals surface area (Å²) in [6.07, 6.45) is 5.55. The number of guanidine groups is 1. The molecule has 0 aliphatic heterocycles. The number of hydrogen-bond acceptors (Lipinski definition) is 3. The van der Waals surface area contributed by atoms with Gasteiger partial charge in [-0.3, -0.25) is 4.79 Å². The van der Waals surface area contributed by atoms with Gasteiger partial charge in [-0.05, 0) is 31.9 Å². The molecule has 0 saturated heterocycles. The van der Waals surface area contributed by atoms with Crippen LogP contribution in [0.15, 0.2) is 48.0 Å². The fourth-order valence-corrected chi connectivity index (χ4v) is 2.93. The fraction of sp³-hybridized carbons (Fsp3) is 0.476. The van der Waals surface area contributed by atoms with Crippen molar-refractivity contribution in [3.63, 3.8) is 0 Å². The third kappa shape index (κ3) is 8.04. The highest BCUT2D eigenvalue weighted by Crippen LogP contribution is 2.08. The molecule has 0 aliphatic carbocycles. The van der Waals surface area contributed by atoms with Crippen molar-refractivity contribution in [3.8, 4) is 0 Å². The summed E-state index contributed by atoms with van der Waals surface area (Å²) in [7, 11) is 1.90. The number of amides is 1. The van der Waals surface area contributed by atoms with Crippen molar-refractivity contribution >= 4 is 35.8 Å². The summed E-state index contributed by atoms with van der Waals surface area (Å²) < 4.78 is 2.04. The molecule has 1 heterocycles. The summed E-state index contributed by atoms with van der Waals surface area (Å²) >= 11 is 0. The van der Waals surface area contributed by atoms with Gasteiger partial charge in [0.05, 0.1) is 19.4 Å². The van der Waals surface area contributed by atoms with Gasteiger partial charge in [0.25, 0.3) is 0 Å². The molecule has 29 heavy (non-hydrogen) atoms. The number of hydrogen-bond donors (Lipinski definition) is 1. The summed E-state index contributed by atoms with van der Waals surface area (Å²) in [4.78, 5) is 24.8. The number of likely N-dealkylation sites (N-methyl/N-ethyl adjacent to an activating group) is 2. The van der Waals surface area contributed by atoms with Crippen LogP contribution in [0.3, 0.4) is 0 Å². The predicted octanol–water partition coefficient (Wildman–Crippen LogP) is 2.82. The second-order valence-corrected chi connectivity index (χ2v) is 6.64. The van der Waals surface area contributed by atoms with Crippen LogP contribution in [0, 0.1) is 0 Å². The molecule has 1 aromatic carbocycles. The SMILES string of the molecule is CCNC(=NCc1ccc(Cn2ccnc2)cc1)N(C)CC(=O)N(CC)CC.I. The van der Waals surface area contributed by atoms with Crippen LogP contribution in [0.2, 0.25) is 0 Å². The first-order valence-corrected chi connectivity index (χ1v) is 9.88. The molecule has 0 unspecified atom stereocenters. The fourth-order valence-electron chi connectivity index (χ4n) is 2.93. The van der Waals surface area contributed by atoms with Crippen molar-refractivity contribution in [2.75, 3.05) is 33.2 Å². The Bertz CT molecular complexity index is 741. The number of imidazole rings is 1. The van der Waals surface area contributed by atoms with Gasteiger partial charge < -0.3 is 19.7 Å². The molecule has 1 amide bonds. The first kappa shape index (κ1) is 24.9. The van der Waals surface area contributed by atoms with Gasteiger partial charge in [0.1, 0.15) is 0 Å². The van der Waals surface area contributed by atoms with E-state index in [9.17, 15) is 4.79 Å². The molecule has 0 radical (unpaired) electrons. The summed E-state index contributed by atoms with van der Waals surface area (Å²) in [6, 6.07) is 8.43. The van der Waals surface area contributed by atoms with E-state index in [0.29, 0.717) is 13.1 Å². The summed E-state index contributed by atoms with van der Waals surface area (Å²) in [6.45, 7) is 9.92. The Morgan fingerprint density at radius 1 is 1.14 bits per heavy atom. The standard InChI is InChI=1S/C21H32N6O.HI/c1-5-23-21(25(4)16-20(28)27(6-2)7-3)24-14-18-8-10-19(11-9-18)15-26-13-12-22-17-26;/h8-13,17H,5-7,14-16H2,1-4H3,(H,23,24);1H. The number of halogens is 1. The zero-order chi connectivity index (χ0) is 20.4. The predicted molar refractivity (Wildman–Crippen MR) is 129 cm³/mol. The zero-order valence-electron chi connectivity index (χ0n) is 17.8. The van der Waals surface area contributed by atoms with E-state index in [0.717, 1.165) is 37.7 Å². The second kappa shape index (κ2) is 13.2. The van der Waals surface area contributed by atoms with Crippen LogP contribution >= 0.6 is 24.0 Å². The highest BCUT2D eigenvalue weighted by atomic mass is 127. The molecule has 0 saturated carbocycles. The topological polar surface area (TPSA) is 65.8 Å². The van der Waals surface area contributed by atoms with Gasteiger partial charge in [-0.2, -0.15) is 0 Å². The Balaban J connectivity index is 0.00000420. The maximum Gasteiger partial charge on any atom is 0.242 e. The number of aliphatic imine (C=N–C) groups is 1. The van der Waals surface area contributed by atoms with Crippen LogP contribution in [0.5, 0.6) is 0 Å². The quantitative estimate of drug-likeness (QED) is 0.319. The van der Waals surface area contributed by atoms with Crippen molar-refractivity contribution < 1.29 is 4.79 Å². The van der Waals surface area contributed by atoms with Crippen molar-refractivity contribution in [1.29, 1.82) is 0 Å². The normalized spacial score (nSPS) is 11.0. The first-order valence-electron chi connectivity index (χ1n) is 9.88. The van der Waals surface area contributed by atoms with Gasteiger partial charge in [0, 0.05) is 45.6 Å². The van der Waals surface area contributed by atoms with Crippen molar-refractivity contribution in [2.24, 2.45) is 4.99 Å². The number of benzene rings is 1. The third-order valence-corrected chi connectivity index (χ3v) is 4.54. The molecular formula is C21H33IN6O. The summed E-state index contributed by atoms with van der Waals surface area (Å²) in [5, 5.41) is 3.27. The average Bonchev–Trinajstić information content (AvgIpc) is 3.20. The van der Waals surface area contributed by atoms with Gasteiger partial charge >= 0.3 is 0 Å². The van der Waals surface area contributed by atoms with E-state index >= 15 is 0 Å². The molecule has 0 atom stereocenters. The highest BCUT2D eigenvalue weighted by molar-refractivity contribution is 14.0. The molecule has 2 rings (SSSR count). The van der Waals surface area contributed by atoms with Gasteiger partial charge in [-0.15, -0.1) is 24.0 Å². The van der Waals surface area contributed by atoms with E-state index in [1.165, 1.54) is 5.56 Å². The molecule has 8 heteroatoms. The van der Waals surface area contributed by atoms with Crippen molar-refractivity contribution in [3.05, 3.63) is 54.1 Å². The number of carbonyl (C=O) groups is 1. The summed E-state index contributed by atoms with van der Waals surface area (Å²) in [5.74, 6) is 0.854. The van der Waals surface area contributed by atoms with Crippen LogP contribution in [0.4, 0.5) is 0 Å². The van der Waals surface area contributed by atoms with Crippen LogP contribution in [0.25, 0.3) is 0 Å². The molecule has 0 fully saturated rings. The molecule has 1 N–H and O–H groups in total. The largest absolute Gasteiger partial charge is 0.357 e. The van der Waals surface area contributed by atoms with Crippen LogP contribution in [-0.2, 0) is 17.9 Å². The maximum absolute atomic E-state index is 12.4. The average molecular weight is 512 g/mol. The van der Waals surface area contributed by atoms with Crippen LogP contribution < -0.4 is 5.32 Å². The Morgan fingerprint density at radius 3 is 2.34 bits per heavy atom. The van der Waals surface area contributed by atoms with Crippen LogP contribution in [0.1, 0.15) is 31.9 Å². The van der Waals surface area contributed by atoms with Gasteiger partial charge in [0.2, 0.25) is 5.91 Å². The second-order valence-electron chi connectivity index (χ2n) is 6.64. The Kier molecular flexibility index (Phi) is 11.3. The first-order chi connectivity index (χ1) is 13.6.